The average Bonchev–Trinajstić information content (AvgIpc) is 3.17. The lowest BCUT2D eigenvalue weighted by molar-refractivity contribution is 0.410. The van der Waals surface area contributed by atoms with E-state index >= 15 is 4.39 Å². The number of aromatic nitrogens is 2. The number of hydrogen-bond acceptors (Lipinski definition) is 3. The summed E-state index contributed by atoms with van der Waals surface area (Å²) in [5.74, 6) is -0.167. The molecule has 0 saturated heterocycles. The van der Waals surface area contributed by atoms with Gasteiger partial charge >= 0.3 is 0 Å². The predicted molar refractivity (Wildman–Crippen MR) is 141 cm³/mol. The first-order chi connectivity index (χ1) is 16.1. The summed E-state index contributed by atoms with van der Waals surface area (Å²) >= 11 is 1.57. The van der Waals surface area contributed by atoms with Gasteiger partial charge in [0.15, 0.2) is 0 Å². The second-order valence-electron chi connectivity index (χ2n) is 11.1. The van der Waals surface area contributed by atoms with Crippen molar-refractivity contribution in [2.24, 2.45) is 5.41 Å². The van der Waals surface area contributed by atoms with E-state index in [1.807, 2.05) is 6.07 Å². The van der Waals surface area contributed by atoms with Gasteiger partial charge in [-0.25, -0.2) is 14.4 Å². The van der Waals surface area contributed by atoms with Crippen molar-refractivity contribution in [1.82, 2.24) is 9.97 Å². The van der Waals surface area contributed by atoms with E-state index in [1.54, 1.807) is 23.7 Å². The molecular weight excluding hydrogens is 439 g/mol. The maximum atomic E-state index is 15.6. The van der Waals surface area contributed by atoms with Crippen molar-refractivity contribution < 1.29 is 4.39 Å². The number of halogens is 1. The van der Waals surface area contributed by atoms with Gasteiger partial charge in [0.1, 0.15) is 17.0 Å². The van der Waals surface area contributed by atoms with Gasteiger partial charge in [0.2, 0.25) is 0 Å². The normalized spacial score (nSPS) is 14.5. The van der Waals surface area contributed by atoms with Gasteiger partial charge in [-0.1, -0.05) is 71.0 Å². The lowest BCUT2D eigenvalue weighted by Gasteiger charge is -2.33. The van der Waals surface area contributed by atoms with Crippen LogP contribution < -0.4 is 0 Å². The molecule has 3 aromatic carbocycles. The van der Waals surface area contributed by atoms with Crippen LogP contribution in [0.1, 0.15) is 51.3 Å². The van der Waals surface area contributed by atoms with Crippen molar-refractivity contribution in [2.45, 2.75) is 46.5 Å². The molecular formula is C30H27FN2S. The molecule has 0 saturated carbocycles. The Kier molecular flexibility index (Phi) is 4.53. The van der Waals surface area contributed by atoms with E-state index in [9.17, 15) is 0 Å². The van der Waals surface area contributed by atoms with Crippen LogP contribution in [0.4, 0.5) is 4.39 Å². The van der Waals surface area contributed by atoms with Crippen LogP contribution in [0.2, 0.25) is 0 Å². The van der Waals surface area contributed by atoms with E-state index in [4.69, 9.17) is 4.98 Å². The lowest BCUT2D eigenvalue weighted by atomic mass is 9.69. The summed E-state index contributed by atoms with van der Waals surface area (Å²) in [6.45, 7) is 11.0. The number of fused-ring (bicyclic) bond motifs is 3. The van der Waals surface area contributed by atoms with E-state index in [0.29, 0.717) is 5.56 Å². The zero-order chi connectivity index (χ0) is 23.8. The molecule has 5 aromatic rings. The van der Waals surface area contributed by atoms with Crippen molar-refractivity contribution in [3.63, 3.8) is 0 Å². The molecule has 0 radical (unpaired) electrons. The minimum atomic E-state index is -0.318. The molecule has 0 unspecified atom stereocenters. The first kappa shape index (κ1) is 21.4. The Balaban J connectivity index is 1.62. The standard InChI is InChI=1S/C30H27FN2S/c1-29(2,3)15-17-10-11-20(23(31)12-17)27-25-24-26(32-16-33-28(24)34-27)21-13-18-8-6-7-9-19(18)14-22(21)30(25,4)5/h6-14,16H,15H2,1-5H3. The highest BCUT2D eigenvalue weighted by atomic mass is 32.1. The van der Waals surface area contributed by atoms with E-state index in [2.05, 4.69) is 82.1 Å². The number of thiophene rings is 1. The minimum Gasteiger partial charge on any atom is -0.236 e. The molecule has 0 amide bonds. The van der Waals surface area contributed by atoms with E-state index in [1.165, 1.54) is 16.3 Å². The third-order valence-electron chi connectivity index (χ3n) is 6.94. The number of nitrogens with zero attached hydrogens (tertiary/aromatic N) is 2. The van der Waals surface area contributed by atoms with Crippen LogP contribution in [0, 0.1) is 11.2 Å². The molecule has 1 aliphatic carbocycles. The largest absolute Gasteiger partial charge is 0.236 e. The fraction of sp³-hybridized carbons (Fsp3) is 0.267. The van der Waals surface area contributed by atoms with Gasteiger partial charge in [-0.2, -0.15) is 0 Å². The molecule has 0 bridgehead atoms. The molecule has 0 spiro atoms. The Morgan fingerprint density at radius 2 is 1.65 bits per heavy atom. The van der Waals surface area contributed by atoms with Crippen molar-refractivity contribution in [2.75, 3.05) is 0 Å². The smallest absolute Gasteiger partial charge is 0.132 e. The zero-order valence-corrected chi connectivity index (χ0v) is 21.0. The monoisotopic (exact) mass is 466 g/mol. The van der Waals surface area contributed by atoms with Crippen LogP contribution in [0.5, 0.6) is 0 Å². The summed E-state index contributed by atoms with van der Waals surface area (Å²) in [5, 5.41) is 3.47. The summed E-state index contributed by atoms with van der Waals surface area (Å²) < 4.78 is 15.6. The first-order valence-corrected chi connectivity index (χ1v) is 12.6. The van der Waals surface area contributed by atoms with Gasteiger partial charge in [0, 0.05) is 26.8 Å². The fourth-order valence-electron chi connectivity index (χ4n) is 5.48. The van der Waals surface area contributed by atoms with Crippen molar-refractivity contribution >= 4 is 32.3 Å². The van der Waals surface area contributed by atoms with Gasteiger partial charge in [-0.05, 0) is 57.5 Å². The van der Waals surface area contributed by atoms with Gasteiger partial charge in [-0.15, -0.1) is 11.3 Å². The maximum absolute atomic E-state index is 15.6. The highest BCUT2D eigenvalue weighted by Gasteiger charge is 2.39. The molecule has 0 fully saturated rings. The van der Waals surface area contributed by atoms with Crippen molar-refractivity contribution in [3.8, 4) is 21.7 Å². The van der Waals surface area contributed by atoms with E-state index in [0.717, 1.165) is 43.9 Å². The van der Waals surface area contributed by atoms with Gasteiger partial charge in [0.25, 0.3) is 0 Å². The quantitative estimate of drug-likeness (QED) is 0.260. The lowest BCUT2D eigenvalue weighted by Crippen LogP contribution is -2.24. The molecule has 0 aliphatic heterocycles. The average molecular weight is 467 g/mol. The predicted octanol–water partition coefficient (Wildman–Crippen LogP) is 8.55. The fourth-order valence-corrected chi connectivity index (χ4v) is 6.81. The van der Waals surface area contributed by atoms with Gasteiger partial charge in [0.05, 0.1) is 5.69 Å². The summed E-state index contributed by atoms with van der Waals surface area (Å²) in [5.41, 5.74) is 5.93. The molecule has 0 N–H and O–H groups in total. The first-order valence-electron chi connectivity index (χ1n) is 11.7. The molecule has 2 nitrogen and oxygen atoms in total. The Hall–Kier alpha value is -3.11. The summed E-state index contributed by atoms with van der Waals surface area (Å²) in [6.07, 6.45) is 2.48. The third-order valence-corrected chi connectivity index (χ3v) is 8.07. The van der Waals surface area contributed by atoms with Crippen LogP contribution in [0.15, 0.2) is 60.9 Å². The Morgan fingerprint density at radius 3 is 2.35 bits per heavy atom. The van der Waals surface area contributed by atoms with E-state index < -0.39 is 0 Å². The Morgan fingerprint density at radius 1 is 0.912 bits per heavy atom. The number of rotatable bonds is 2. The van der Waals surface area contributed by atoms with Crippen molar-refractivity contribution in [3.05, 3.63) is 83.4 Å². The molecule has 1 aliphatic rings. The molecule has 0 atom stereocenters. The van der Waals surface area contributed by atoms with Crippen LogP contribution in [-0.4, -0.2) is 9.97 Å². The van der Waals surface area contributed by atoms with Gasteiger partial charge in [-0.3, -0.25) is 0 Å². The highest BCUT2D eigenvalue weighted by Crippen LogP contribution is 2.54. The summed E-state index contributed by atoms with van der Waals surface area (Å²) in [6, 6.07) is 18.7. The van der Waals surface area contributed by atoms with Crippen LogP contribution >= 0.6 is 11.3 Å². The third kappa shape index (κ3) is 3.19. The maximum Gasteiger partial charge on any atom is 0.132 e. The molecule has 4 heteroatoms. The summed E-state index contributed by atoms with van der Waals surface area (Å²) in [7, 11) is 0. The Bertz CT molecular complexity index is 1600. The number of benzene rings is 3. The zero-order valence-electron chi connectivity index (χ0n) is 20.2. The molecule has 34 heavy (non-hydrogen) atoms. The second kappa shape index (κ2) is 7.19. The molecule has 2 heterocycles. The van der Waals surface area contributed by atoms with E-state index in [-0.39, 0.29) is 16.6 Å². The van der Waals surface area contributed by atoms with Crippen LogP contribution in [-0.2, 0) is 11.8 Å². The van der Waals surface area contributed by atoms with Crippen LogP contribution in [0.3, 0.4) is 0 Å². The minimum absolute atomic E-state index is 0.108. The number of hydrogen-bond donors (Lipinski definition) is 0. The van der Waals surface area contributed by atoms with Crippen LogP contribution in [0.25, 0.3) is 42.7 Å². The molecule has 2 aromatic heterocycles. The van der Waals surface area contributed by atoms with Gasteiger partial charge < -0.3 is 0 Å². The summed E-state index contributed by atoms with van der Waals surface area (Å²) in [4.78, 5) is 11.2. The van der Waals surface area contributed by atoms with Crippen molar-refractivity contribution in [1.29, 1.82) is 0 Å². The molecule has 6 rings (SSSR count). The SMILES string of the molecule is CC(C)(C)Cc1ccc(-c2sc3ncnc4c3c2C(C)(C)c2cc3ccccc3cc2-4)c(F)c1. The Labute approximate surface area is 203 Å². The molecule has 170 valence electrons. The second-order valence-corrected chi connectivity index (χ2v) is 12.1. The highest BCUT2D eigenvalue weighted by molar-refractivity contribution is 7.22. The topological polar surface area (TPSA) is 25.8 Å².